The fraction of sp³-hybridized carbons (Fsp3) is 0.350. The first-order valence-electron chi connectivity index (χ1n) is 8.14. The SMILES string of the molecule is COC(=O)C1(c2ccccc2)CCC([NH+](C)C)c2ccccc21.[Cl-]. The average molecular weight is 346 g/mol. The van der Waals surface area contributed by atoms with Crippen molar-refractivity contribution in [3.63, 3.8) is 0 Å². The second-order valence-corrected chi connectivity index (χ2v) is 6.52. The van der Waals surface area contributed by atoms with Gasteiger partial charge in [0.2, 0.25) is 0 Å². The quantitative estimate of drug-likeness (QED) is 0.733. The molecule has 0 radical (unpaired) electrons. The molecule has 1 N–H and O–H groups in total. The summed E-state index contributed by atoms with van der Waals surface area (Å²) in [5, 5.41) is 0. The number of ether oxygens (including phenoxy) is 1. The molecule has 0 bridgehead atoms. The van der Waals surface area contributed by atoms with Gasteiger partial charge in [-0.05, 0) is 17.5 Å². The summed E-state index contributed by atoms with van der Waals surface area (Å²) in [7, 11) is 5.84. The molecule has 4 heteroatoms. The molecule has 1 aliphatic rings. The van der Waals surface area contributed by atoms with Gasteiger partial charge in [0.25, 0.3) is 0 Å². The first-order chi connectivity index (χ1) is 11.1. The van der Waals surface area contributed by atoms with E-state index >= 15 is 0 Å². The Morgan fingerprint density at radius 1 is 1.08 bits per heavy atom. The number of benzene rings is 2. The third-order valence-corrected chi connectivity index (χ3v) is 5.10. The topological polar surface area (TPSA) is 30.7 Å². The van der Waals surface area contributed by atoms with Gasteiger partial charge in [-0.1, -0.05) is 54.6 Å². The molecule has 0 aliphatic heterocycles. The Hall–Kier alpha value is -1.84. The highest BCUT2D eigenvalue weighted by Crippen LogP contribution is 2.46. The predicted octanol–water partition coefficient (Wildman–Crippen LogP) is -0.871. The molecule has 2 unspecified atom stereocenters. The number of fused-ring (bicyclic) bond motifs is 1. The smallest absolute Gasteiger partial charge is 0.320 e. The van der Waals surface area contributed by atoms with Crippen LogP contribution in [0.3, 0.4) is 0 Å². The molecule has 0 fully saturated rings. The number of hydrogen-bond acceptors (Lipinski definition) is 2. The molecule has 24 heavy (non-hydrogen) atoms. The Balaban J connectivity index is 0.00000208. The number of carbonyl (C=O) groups is 1. The fourth-order valence-electron chi connectivity index (χ4n) is 3.97. The highest BCUT2D eigenvalue weighted by Gasteiger charge is 2.49. The van der Waals surface area contributed by atoms with Crippen LogP contribution in [0.15, 0.2) is 54.6 Å². The lowest BCUT2D eigenvalue weighted by molar-refractivity contribution is -0.893. The summed E-state index contributed by atoms with van der Waals surface area (Å²) in [5.41, 5.74) is 2.67. The molecule has 2 aromatic carbocycles. The third kappa shape index (κ3) is 2.83. The van der Waals surface area contributed by atoms with Gasteiger partial charge in [-0.3, -0.25) is 4.79 Å². The molecule has 0 heterocycles. The molecule has 2 atom stereocenters. The molecular weight excluding hydrogens is 322 g/mol. The fourth-order valence-corrected chi connectivity index (χ4v) is 3.97. The second-order valence-electron chi connectivity index (χ2n) is 6.52. The minimum atomic E-state index is -0.696. The van der Waals surface area contributed by atoms with E-state index in [1.165, 1.54) is 17.6 Å². The Morgan fingerprint density at radius 3 is 2.33 bits per heavy atom. The number of rotatable bonds is 3. The number of hydrogen-bond donors (Lipinski definition) is 1. The van der Waals surface area contributed by atoms with Crippen LogP contribution in [-0.4, -0.2) is 27.2 Å². The highest BCUT2D eigenvalue weighted by molar-refractivity contribution is 5.88. The van der Waals surface area contributed by atoms with Crippen LogP contribution in [0, 0.1) is 0 Å². The zero-order chi connectivity index (χ0) is 16.4. The van der Waals surface area contributed by atoms with Crippen molar-refractivity contribution >= 4 is 5.97 Å². The zero-order valence-corrected chi connectivity index (χ0v) is 15.1. The van der Waals surface area contributed by atoms with E-state index in [9.17, 15) is 4.79 Å². The molecule has 128 valence electrons. The predicted molar refractivity (Wildman–Crippen MR) is 90.5 cm³/mol. The first-order valence-corrected chi connectivity index (χ1v) is 8.14. The molecule has 2 aromatic rings. The maximum absolute atomic E-state index is 12.9. The van der Waals surface area contributed by atoms with Gasteiger partial charge < -0.3 is 22.0 Å². The summed E-state index contributed by atoms with van der Waals surface area (Å²) in [6.45, 7) is 0. The molecule has 3 nitrogen and oxygen atoms in total. The van der Waals surface area contributed by atoms with E-state index in [1.54, 1.807) is 0 Å². The Morgan fingerprint density at radius 2 is 1.71 bits per heavy atom. The van der Waals surface area contributed by atoms with Gasteiger partial charge in [-0.25, -0.2) is 0 Å². The van der Waals surface area contributed by atoms with Crippen LogP contribution >= 0.6 is 0 Å². The van der Waals surface area contributed by atoms with Crippen LogP contribution in [-0.2, 0) is 14.9 Å². The minimum absolute atomic E-state index is 0. The standard InChI is InChI=1S/C20H23NO2.ClH/c1-21(2)18-13-14-20(19(22)23-3,15-9-5-4-6-10-15)17-12-8-7-11-16(17)18;/h4-12,18H,13-14H2,1-3H3;1H. The van der Waals surface area contributed by atoms with Crippen molar-refractivity contribution in [1.29, 1.82) is 0 Å². The van der Waals surface area contributed by atoms with Crippen molar-refractivity contribution in [2.45, 2.75) is 24.3 Å². The summed E-state index contributed by atoms with van der Waals surface area (Å²) in [5.74, 6) is -0.164. The van der Waals surface area contributed by atoms with E-state index in [2.05, 4.69) is 32.3 Å². The highest BCUT2D eigenvalue weighted by atomic mass is 35.5. The second kappa shape index (κ2) is 7.37. The van der Waals surface area contributed by atoms with E-state index in [0.29, 0.717) is 6.04 Å². The van der Waals surface area contributed by atoms with Crippen LogP contribution in [0.25, 0.3) is 0 Å². The number of nitrogens with one attached hydrogen (secondary N) is 1. The molecule has 3 rings (SSSR count). The van der Waals surface area contributed by atoms with E-state index < -0.39 is 5.41 Å². The lowest BCUT2D eigenvalue weighted by Gasteiger charge is -2.40. The summed E-state index contributed by atoms with van der Waals surface area (Å²) < 4.78 is 5.25. The van der Waals surface area contributed by atoms with Crippen LogP contribution < -0.4 is 17.3 Å². The summed E-state index contributed by atoms with van der Waals surface area (Å²) in [4.78, 5) is 14.3. The van der Waals surface area contributed by atoms with Crippen LogP contribution in [0.4, 0.5) is 0 Å². The lowest BCUT2D eigenvalue weighted by atomic mass is 9.64. The molecule has 0 spiro atoms. The van der Waals surface area contributed by atoms with E-state index in [4.69, 9.17) is 4.74 Å². The molecule has 0 saturated carbocycles. The Labute approximate surface area is 150 Å². The summed E-state index contributed by atoms with van der Waals surface area (Å²) in [6, 6.07) is 18.8. The molecule has 1 aliphatic carbocycles. The monoisotopic (exact) mass is 345 g/mol. The first kappa shape index (κ1) is 18.5. The number of carbonyl (C=O) groups excluding carboxylic acids is 1. The maximum Gasteiger partial charge on any atom is 0.320 e. The van der Waals surface area contributed by atoms with Crippen molar-refractivity contribution in [3.05, 3.63) is 71.3 Å². The number of halogens is 1. The summed E-state index contributed by atoms with van der Waals surface area (Å²) >= 11 is 0. The van der Waals surface area contributed by atoms with E-state index in [0.717, 1.165) is 24.0 Å². The normalized spacial score (nSPS) is 22.4. The Kier molecular flexibility index (Phi) is 5.68. The van der Waals surface area contributed by atoms with Crippen molar-refractivity contribution in [3.8, 4) is 0 Å². The minimum Gasteiger partial charge on any atom is -1.00 e. The molecule has 0 amide bonds. The van der Waals surface area contributed by atoms with Gasteiger partial charge in [0.15, 0.2) is 0 Å². The molecular formula is C20H24ClNO2. The van der Waals surface area contributed by atoms with E-state index in [1.807, 2.05) is 36.4 Å². The van der Waals surface area contributed by atoms with Crippen LogP contribution in [0.2, 0.25) is 0 Å². The lowest BCUT2D eigenvalue weighted by Crippen LogP contribution is -3.06. The zero-order valence-electron chi connectivity index (χ0n) is 14.4. The van der Waals surface area contributed by atoms with Gasteiger partial charge in [-0.2, -0.15) is 0 Å². The van der Waals surface area contributed by atoms with Crippen molar-refractivity contribution < 1.29 is 26.8 Å². The number of methoxy groups -OCH3 is 1. The van der Waals surface area contributed by atoms with Crippen molar-refractivity contribution in [2.75, 3.05) is 21.2 Å². The average Bonchev–Trinajstić information content (AvgIpc) is 2.60. The maximum atomic E-state index is 12.9. The number of esters is 1. The van der Waals surface area contributed by atoms with Crippen molar-refractivity contribution in [2.24, 2.45) is 0 Å². The Bertz CT molecular complexity index is 702. The van der Waals surface area contributed by atoms with Gasteiger partial charge in [-0.15, -0.1) is 0 Å². The van der Waals surface area contributed by atoms with Gasteiger partial charge in [0.1, 0.15) is 11.5 Å². The molecule has 0 saturated heterocycles. The van der Waals surface area contributed by atoms with Gasteiger partial charge in [0.05, 0.1) is 21.2 Å². The summed E-state index contributed by atoms with van der Waals surface area (Å²) in [6.07, 6.45) is 1.74. The van der Waals surface area contributed by atoms with Crippen molar-refractivity contribution in [1.82, 2.24) is 0 Å². The van der Waals surface area contributed by atoms with Gasteiger partial charge in [0, 0.05) is 12.0 Å². The number of quaternary nitrogens is 1. The van der Waals surface area contributed by atoms with Crippen LogP contribution in [0.5, 0.6) is 0 Å². The van der Waals surface area contributed by atoms with Crippen LogP contribution in [0.1, 0.15) is 35.6 Å². The largest absolute Gasteiger partial charge is 1.00 e. The third-order valence-electron chi connectivity index (χ3n) is 5.10. The van der Waals surface area contributed by atoms with E-state index in [-0.39, 0.29) is 18.4 Å². The molecule has 0 aromatic heterocycles. The van der Waals surface area contributed by atoms with Gasteiger partial charge >= 0.3 is 5.97 Å².